The third kappa shape index (κ3) is 3.17. The number of para-hydroxylation sites is 1. The van der Waals surface area contributed by atoms with Crippen molar-refractivity contribution in [1.29, 1.82) is 0 Å². The van der Waals surface area contributed by atoms with Gasteiger partial charge in [0.15, 0.2) is 0 Å². The molecule has 1 saturated carbocycles. The van der Waals surface area contributed by atoms with Gasteiger partial charge in [-0.05, 0) is 25.8 Å². The zero-order chi connectivity index (χ0) is 17.3. The molecule has 1 heterocycles. The number of benzene rings is 1. The summed E-state index contributed by atoms with van der Waals surface area (Å²) in [5.74, 6) is -0.350. The summed E-state index contributed by atoms with van der Waals surface area (Å²) in [6.07, 6.45) is 3.72. The lowest BCUT2D eigenvalue weighted by molar-refractivity contribution is -0.117. The second kappa shape index (κ2) is 6.23. The molecule has 0 saturated heterocycles. The summed E-state index contributed by atoms with van der Waals surface area (Å²) >= 11 is 0. The lowest BCUT2D eigenvalue weighted by Gasteiger charge is -2.14. The summed E-state index contributed by atoms with van der Waals surface area (Å²) in [4.78, 5) is 16.4. The Balaban J connectivity index is 1.97. The highest BCUT2D eigenvalue weighted by Crippen LogP contribution is 2.31. The summed E-state index contributed by atoms with van der Waals surface area (Å²) in [5, 5.41) is 2.82. The Morgan fingerprint density at radius 3 is 2.58 bits per heavy atom. The Morgan fingerprint density at radius 1 is 1.21 bits per heavy atom. The number of pyridine rings is 1. The second-order valence-corrected chi connectivity index (χ2v) is 6.03. The molecule has 1 fully saturated rings. The Morgan fingerprint density at radius 2 is 1.96 bits per heavy atom. The fraction of sp³-hybridized carbons (Fsp3) is 0.222. The summed E-state index contributed by atoms with van der Waals surface area (Å²) in [5.41, 5.74) is 22.1. The van der Waals surface area contributed by atoms with Crippen LogP contribution in [0.15, 0.2) is 42.2 Å². The second-order valence-electron chi connectivity index (χ2n) is 6.03. The molecule has 124 valence electrons. The van der Waals surface area contributed by atoms with E-state index in [-0.39, 0.29) is 23.3 Å². The Hall–Kier alpha value is -3.02. The SMILES string of the molecule is Cc1ccc(-c2cccc(/C(N)=C(\N)C(=O)NC3CC3)c2N)cn1. The van der Waals surface area contributed by atoms with Gasteiger partial charge >= 0.3 is 0 Å². The lowest BCUT2D eigenvalue weighted by atomic mass is 9.99. The van der Waals surface area contributed by atoms with Gasteiger partial charge in [-0.1, -0.05) is 24.3 Å². The van der Waals surface area contributed by atoms with Gasteiger partial charge in [-0.25, -0.2) is 0 Å². The topological polar surface area (TPSA) is 120 Å². The van der Waals surface area contributed by atoms with Gasteiger partial charge in [-0.3, -0.25) is 9.78 Å². The van der Waals surface area contributed by atoms with E-state index in [1.807, 2.05) is 31.2 Å². The third-order valence-electron chi connectivity index (χ3n) is 4.07. The van der Waals surface area contributed by atoms with E-state index in [0.29, 0.717) is 11.3 Å². The molecule has 7 N–H and O–H groups in total. The van der Waals surface area contributed by atoms with Gasteiger partial charge in [-0.15, -0.1) is 0 Å². The molecule has 0 atom stereocenters. The highest BCUT2D eigenvalue weighted by Gasteiger charge is 2.25. The Kier molecular flexibility index (Phi) is 4.12. The van der Waals surface area contributed by atoms with E-state index in [4.69, 9.17) is 17.2 Å². The first-order chi connectivity index (χ1) is 11.5. The van der Waals surface area contributed by atoms with Gasteiger partial charge in [0.05, 0.1) is 5.70 Å². The van der Waals surface area contributed by atoms with Crippen molar-refractivity contribution in [3.8, 4) is 11.1 Å². The number of aryl methyl sites for hydroxylation is 1. The van der Waals surface area contributed by atoms with Crippen LogP contribution in [0.1, 0.15) is 24.1 Å². The number of nitrogen functional groups attached to an aromatic ring is 1. The minimum Gasteiger partial charge on any atom is -0.398 e. The molecule has 0 radical (unpaired) electrons. The molecule has 0 aliphatic heterocycles. The number of carbonyl (C=O) groups excluding carboxylic acids is 1. The number of aromatic nitrogens is 1. The fourth-order valence-corrected chi connectivity index (χ4v) is 2.44. The third-order valence-corrected chi connectivity index (χ3v) is 4.07. The number of rotatable bonds is 4. The fourth-order valence-electron chi connectivity index (χ4n) is 2.44. The Labute approximate surface area is 140 Å². The average Bonchev–Trinajstić information content (AvgIpc) is 3.38. The van der Waals surface area contributed by atoms with Crippen LogP contribution in [0.5, 0.6) is 0 Å². The standard InChI is InChI=1S/C18H21N5O/c1-10-5-6-11(9-22-10)13-3-2-4-14(15(13)19)16(20)17(21)18(24)23-12-7-8-12/h2-6,9,12H,7-8,19-21H2,1H3,(H,23,24)/b17-16+. The maximum absolute atomic E-state index is 12.1. The monoisotopic (exact) mass is 323 g/mol. The molecule has 1 aromatic heterocycles. The number of hydrogen-bond acceptors (Lipinski definition) is 5. The van der Waals surface area contributed by atoms with Crippen LogP contribution in [0.4, 0.5) is 5.69 Å². The van der Waals surface area contributed by atoms with Crippen molar-refractivity contribution >= 4 is 17.3 Å². The number of amides is 1. The van der Waals surface area contributed by atoms with Gasteiger partial charge in [-0.2, -0.15) is 0 Å². The van der Waals surface area contributed by atoms with Gasteiger partial charge in [0.2, 0.25) is 0 Å². The van der Waals surface area contributed by atoms with E-state index in [2.05, 4.69) is 10.3 Å². The summed E-state index contributed by atoms with van der Waals surface area (Å²) in [7, 11) is 0. The number of nitrogens with two attached hydrogens (primary N) is 3. The largest absolute Gasteiger partial charge is 0.398 e. The number of carbonyl (C=O) groups is 1. The van der Waals surface area contributed by atoms with Crippen molar-refractivity contribution in [1.82, 2.24) is 10.3 Å². The molecule has 0 spiro atoms. The minimum absolute atomic E-state index is 0.00668. The van der Waals surface area contributed by atoms with Crippen LogP contribution in [0.25, 0.3) is 16.8 Å². The molecule has 1 aliphatic carbocycles. The maximum Gasteiger partial charge on any atom is 0.269 e. The zero-order valence-electron chi connectivity index (χ0n) is 13.5. The summed E-state index contributed by atoms with van der Waals surface area (Å²) in [6.45, 7) is 1.92. The van der Waals surface area contributed by atoms with Gasteiger partial charge < -0.3 is 22.5 Å². The molecule has 1 amide bonds. The first-order valence-corrected chi connectivity index (χ1v) is 7.85. The van der Waals surface area contributed by atoms with Crippen molar-refractivity contribution in [3.63, 3.8) is 0 Å². The quantitative estimate of drug-likeness (QED) is 0.502. The highest BCUT2D eigenvalue weighted by molar-refractivity contribution is 6.01. The average molecular weight is 323 g/mol. The molecule has 24 heavy (non-hydrogen) atoms. The normalized spacial score (nSPS) is 14.9. The van der Waals surface area contributed by atoms with Crippen LogP contribution in [-0.4, -0.2) is 16.9 Å². The number of nitrogens with one attached hydrogen (secondary N) is 1. The van der Waals surface area contributed by atoms with E-state index < -0.39 is 0 Å². The molecular weight excluding hydrogens is 302 g/mol. The van der Waals surface area contributed by atoms with Crippen molar-refractivity contribution in [2.24, 2.45) is 11.5 Å². The molecule has 6 nitrogen and oxygen atoms in total. The minimum atomic E-state index is -0.350. The van der Waals surface area contributed by atoms with E-state index >= 15 is 0 Å². The molecule has 1 aromatic carbocycles. The van der Waals surface area contributed by atoms with E-state index in [1.165, 1.54) is 0 Å². The predicted octanol–water partition coefficient (Wildman–Crippen LogP) is 1.50. The molecule has 6 heteroatoms. The molecule has 3 rings (SSSR count). The first kappa shape index (κ1) is 15.9. The van der Waals surface area contributed by atoms with E-state index in [1.54, 1.807) is 12.3 Å². The maximum atomic E-state index is 12.1. The van der Waals surface area contributed by atoms with E-state index in [9.17, 15) is 4.79 Å². The molecular formula is C18H21N5O. The highest BCUT2D eigenvalue weighted by atomic mass is 16.2. The van der Waals surface area contributed by atoms with Crippen LogP contribution in [0.3, 0.4) is 0 Å². The van der Waals surface area contributed by atoms with Gasteiger partial charge in [0.25, 0.3) is 5.91 Å². The molecule has 0 bridgehead atoms. The van der Waals surface area contributed by atoms with Crippen molar-refractivity contribution in [3.05, 3.63) is 53.5 Å². The summed E-state index contributed by atoms with van der Waals surface area (Å²) in [6, 6.07) is 9.55. The Bertz CT molecular complexity index is 807. The van der Waals surface area contributed by atoms with Crippen LogP contribution in [0.2, 0.25) is 0 Å². The number of anilines is 1. The van der Waals surface area contributed by atoms with Crippen LogP contribution < -0.4 is 22.5 Å². The molecule has 1 aliphatic rings. The van der Waals surface area contributed by atoms with Gasteiger partial charge in [0, 0.05) is 40.3 Å². The zero-order valence-corrected chi connectivity index (χ0v) is 13.5. The molecule has 0 unspecified atom stereocenters. The predicted molar refractivity (Wildman–Crippen MR) is 95.3 cm³/mol. The number of hydrogen-bond donors (Lipinski definition) is 4. The van der Waals surface area contributed by atoms with Crippen LogP contribution >= 0.6 is 0 Å². The van der Waals surface area contributed by atoms with E-state index in [0.717, 1.165) is 29.7 Å². The first-order valence-electron chi connectivity index (χ1n) is 7.85. The van der Waals surface area contributed by atoms with Gasteiger partial charge in [0.1, 0.15) is 5.70 Å². The van der Waals surface area contributed by atoms with Crippen LogP contribution in [-0.2, 0) is 4.79 Å². The van der Waals surface area contributed by atoms with Crippen LogP contribution in [0, 0.1) is 6.92 Å². The number of nitrogens with zero attached hydrogens (tertiary/aromatic N) is 1. The van der Waals surface area contributed by atoms with Crippen molar-refractivity contribution in [2.75, 3.05) is 5.73 Å². The van der Waals surface area contributed by atoms with Crippen molar-refractivity contribution < 1.29 is 4.79 Å². The smallest absolute Gasteiger partial charge is 0.269 e. The lowest BCUT2D eigenvalue weighted by Crippen LogP contribution is -2.32. The van der Waals surface area contributed by atoms with Crippen molar-refractivity contribution in [2.45, 2.75) is 25.8 Å². The molecule has 2 aromatic rings. The summed E-state index contributed by atoms with van der Waals surface area (Å²) < 4.78 is 0.